The predicted octanol–water partition coefficient (Wildman–Crippen LogP) is 4.15. The Morgan fingerprint density at radius 1 is 0.969 bits per heavy atom. The summed E-state index contributed by atoms with van der Waals surface area (Å²) >= 11 is 0. The number of aromatic nitrogens is 2. The van der Waals surface area contributed by atoms with Gasteiger partial charge in [-0.1, -0.05) is 12.1 Å². The highest BCUT2D eigenvalue weighted by molar-refractivity contribution is 5.94. The Morgan fingerprint density at radius 3 is 2.59 bits per heavy atom. The summed E-state index contributed by atoms with van der Waals surface area (Å²) in [5.41, 5.74) is 1.98. The summed E-state index contributed by atoms with van der Waals surface area (Å²) in [6, 6.07) is 17.9. The van der Waals surface area contributed by atoms with Crippen LogP contribution in [-0.4, -0.2) is 57.5 Å². The Morgan fingerprint density at radius 2 is 1.81 bits per heavy atom. The second kappa shape index (κ2) is 9.57. The van der Waals surface area contributed by atoms with E-state index < -0.39 is 0 Å². The monoisotopic (exact) mass is 430 g/mol. The fourth-order valence-corrected chi connectivity index (χ4v) is 4.68. The van der Waals surface area contributed by atoms with Gasteiger partial charge in [0.05, 0.1) is 0 Å². The molecule has 2 aromatic heterocycles. The molecule has 2 saturated heterocycles. The molecule has 32 heavy (non-hydrogen) atoms. The van der Waals surface area contributed by atoms with Crippen molar-refractivity contribution in [1.29, 1.82) is 0 Å². The Bertz CT molecular complexity index is 1030. The van der Waals surface area contributed by atoms with E-state index in [0.29, 0.717) is 0 Å². The number of carbonyl (C=O) groups is 1. The molecule has 4 heterocycles. The van der Waals surface area contributed by atoms with Gasteiger partial charge in [-0.15, -0.1) is 0 Å². The molecule has 1 amide bonds. The topological polar surface area (TPSA) is 50.6 Å². The van der Waals surface area contributed by atoms with Gasteiger partial charge < -0.3 is 14.2 Å². The maximum atomic E-state index is 12.7. The Balaban J connectivity index is 1.16. The van der Waals surface area contributed by atoms with Crippen molar-refractivity contribution in [3.05, 3.63) is 78.2 Å². The van der Waals surface area contributed by atoms with E-state index in [4.69, 9.17) is 4.74 Å². The van der Waals surface area contributed by atoms with Crippen molar-refractivity contribution in [2.45, 2.75) is 38.3 Å². The van der Waals surface area contributed by atoms with Crippen molar-refractivity contribution in [2.75, 3.05) is 26.2 Å². The zero-order valence-corrected chi connectivity index (χ0v) is 18.4. The van der Waals surface area contributed by atoms with E-state index in [1.54, 1.807) is 0 Å². The minimum atomic E-state index is 0.124. The third-order valence-corrected chi connectivity index (χ3v) is 6.43. The van der Waals surface area contributed by atoms with Gasteiger partial charge in [-0.05, 0) is 68.1 Å². The summed E-state index contributed by atoms with van der Waals surface area (Å²) in [7, 11) is 0. The first-order valence-corrected chi connectivity index (χ1v) is 11.6. The van der Waals surface area contributed by atoms with Crippen LogP contribution >= 0.6 is 0 Å². The average Bonchev–Trinajstić information content (AvgIpc) is 3.53. The number of hydrogen-bond donors (Lipinski definition) is 0. The Hall–Kier alpha value is -3.12. The number of rotatable bonds is 6. The molecule has 2 aliphatic heterocycles. The molecule has 2 aliphatic rings. The minimum absolute atomic E-state index is 0.124. The molecule has 0 aliphatic carbocycles. The molecule has 2 fully saturated rings. The predicted molar refractivity (Wildman–Crippen MR) is 124 cm³/mol. The van der Waals surface area contributed by atoms with Crippen LogP contribution in [0.3, 0.4) is 0 Å². The third-order valence-electron chi connectivity index (χ3n) is 6.43. The number of benzene rings is 1. The van der Waals surface area contributed by atoms with E-state index in [1.807, 2.05) is 53.6 Å². The van der Waals surface area contributed by atoms with Gasteiger partial charge >= 0.3 is 0 Å². The molecule has 0 spiro atoms. The molecule has 5 rings (SSSR count). The number of ether oxygens (including phenoxy) is 1. The van der Waals surface area contributed by atoms with Crippen LogP contribution in [0.15, 0.2) is 67.0 Å². The van der Waals surface area contributed by atoms with E-state index in [-0.39, 0.29) is 12.0 Å². The van der Waals surface area contributed by atoms with Gasteiger partial charge in [0, 0.05) is 56.4 Å². The first-order valence-electron chi connectivity index (χ1n) is 11.6. The molecule has 0 atom stereocenters. The lowest BCUT2D eigenvalue weighted by atomic mass is 10.1. The number of hydrogen-bond acceptors (Lipinski definition) is 4. The van der Waals surface area contributed by atoms with Crippen LogP contribution in [-0.2, 0) is 6.54 Å². The van der Waals surface area contributed by atoms with Crippen molar-refractivity contribution in [3.63, 3.8) is 0 Å². The fourth-order valence-electron chi connectivity index (χ4n) is 4.68. The SMILES string of the molecule is O=C(c1cccc(OC2CCN(Cc3cccn3-c3ccccn3)CC2)c1)N1CCCC1. The summed E-state index contributed by atoms with van der Waals surface area (Å²) < 4.78 is 8.43. The lowest BCUT2D eigenvalue weighted by molar-refractivity contribution is 0.0789. The third kappa shape index (κ3) is 4.70. The molecule has 0 unspecified atom stereocenters. The van der Waals surface area contributed by atoms with E-state index in [2.05, 4.69) is 32.8 Å². The quantitative estimate of drug-likeness (QED) is 0.590. The van der Waals surface area contributed by atoms with Crippen molar-refractivity contribution in [2.24, 2.45) is 0 Å². The maximum Gasteiger partial charge on any atom is 0.253 e. The van der Waals surface area contributed by atoms with Crippen LogP contribution in [0.5, 0.6) is 5.75 Å². The highest BCUT2D eigenvalue weighted by Gasteiger charge is 2.23. The summed E-state index contributed by atoms with van der Waals surface area (Å²) in [6.45, 7) is 4.61. The first-order chi connectivity index (χ1) is 15.8. The second-order valence-corrected chi connectivity index (χ2v) is 8.68. The summed E-state index contributed by atoms with van der Waals surface area (Å²) in [6.07, 6.45) is 8.26. The lowest BCUT2D eigenvalue weighted by Crippen LogP contribution is -2.38. The number of carbonyl (C=O) groups excluding carboxylic acids is 1. The smallest absolute Gasteiger partial charge is 0.253 e. The molecule has 166 valence electrons. The van der Waals surface area contributed by atoms with Gasteiger partial charge in [0.25, 0.3) is 5.91 Å². The summed E-state index contributed by atoms with van der Waals surface area (Å²) in [4.78, 5) is 21.6. The highest BCUT2D eigenvalue weighted by Crippen LogP contribution is 2.23. The molecule has 6 nitrogen and oxygen atoms in total. The van der Waals surface area contributed by atoms with Gasteiger partial charge in [0.2, 0.25) is 0 Å². The molecular weight excluding hydrogens is 400 g/mol. The summed E-state index contributed by atoms with van der Waals surface area (Å²) in [5.74, 6) is 1.88. The molecule has 3 aromatic rings. The van der Waals surface area contributed by atoms with Crippen molar-refractivity contribution in [3.8, 4) is 11.6 Å². The molecule has 6 heteroatoms. The van der Waals surface area contributed by atoms with Gasteiger partial charge in [-0.25, -0.2) is 4.98 Å². The second-order valence-electron chi connectivity index (χ2n) is 8.68. The number of nitrogens with zero attached hydrogens (tertiary/aromatic N) is 4. The largest absolute Gasteiger partial charge is 0.490 e. The van der Waals surface area contributed by atoms with E-state index in [9.17, 15) is 4.79 Å². The highest BCUT2D eigenvalue weighted by atomic mass is 16.5. The molecule has 0 bridgehead atoms. The van der Waals surface area contributed by atoms with E-state index in [0.717, 1.165) is 75.5 Å². The number of amides is 1. The van der Waals surface area contributed by atoms with Crippen LogP contribution in [0.1, 0.15) is 41.7 Å². The van der Waals surface area contributed by atoms with Gasteiger partial charge in [-0.2, -0.15) is 0 Å². The van der Waals surface area contributed by atoms with Crippen molar-refractivity contribution >= 4 is 5.91 Å². The number of piperidine rings is 1. The molecule has 0 radical (unpaired) electrons. The standard InChI is InChI=1S/C26H30N4O2/c31-26(29-14-3-4-15-29)21-7-5-9-24(19-21)32-23-11-17-28(18-12-23)20-22-8-6-16-30(22)25-10-1-2-13-27-25/h1-2,5-10,13,16,19,23H,3-4,11-12,14-15,17-18,20H2. The average molecular weight is 431 g/mol. The lowest BCUT2D eigenvalue weighted by Gasteiger charge is -2.32. The van der Waals surface area contributed by atoms with Gasteiger partial charge in [-0.3, -0.25) is 9.69 Å². The zero-order chi connectivity index (χ0) is 21.8. The normalized spacial score (nSPS) is 17.6. The van der Waals surface area contributed by atoms with E-state index >= 15 is 0 Å². The van der Waals surface area contributed by atoms with Gasteiger partial charge in [0.1, 0.15) is 17.7 Å². The number of pyridine rings is 1. The van der Waals surface area contributed by atoms with Crippen LogP contribution < -0.4 is 4.74 Å². The summed E-state index contributed by atoms with van der Waals surface area (Å²) in [5, 5.41) is 0. The number of likely N-dealkylation sites (tertiary alicyclic amines) is 2. The molecule has 0 saturated carbocycles. The van der Waals surface area contributed by atoms with Gasteiger partial charge in [0.15, 0.2) is 0 Å². The van der Waals surface area contributed by atoms with Crippen LogP contribution in [0.25, 0.3) is 5.82 Å². The fraction of sp³-hybridized carbons (Fsp3) is 0.385. The molecule has 1 aromatic carbocycles. The van der Waals surface area contributed by atoms with Crippen LogP contribution in [0.2, 0.25) is 0 Å². The van der Waals surface area contributed by atoms with Crippen LogP contribution in [0.4, 0.5) is 0 Å². The Kier molecular flexibility index (Phi) is 6.21. The van der Waals surface area contributed by atoms with E-state index in [1.165, 1.54) is 5.69 Å². The zero-order valence-electron chi connectivity index (χ0n) is 18.4. The molecular formula is C26H30N4O2. The van der Waals surface area contributed by atoms with Crippen molar-refractivity contribution < 1.29 is 9.53 Å². The first kappa shape index (κ1) is 20.8. The minimum Gasteiger partial charge on any atom is -0.490 e. The Labute approximate surface area is 189 Å². The molecule has 0 N–H and O–H groups in total. The maximum absolute atomic E-state index is 12.7. The van der Waals surface area contributed by atoms with Crippen LogP contribution in [0, 0.1) is 0 Å². The van der Waals surface area contributed by atoms with Crippen molar-refractivity contribution in [1.82, 2.24) is 19.4 Å².